The zero-order valence-corrected chi connectivity index (χ0v) is 11.2. The third-order valence-corrected chi connectivity index (χ3v) is 3.60. The molecule has 1 fully saturated rings. The van der Waals surface area contributed by atoms with Crippen molar-refractivity contribution in [2.75, 3.05) is 6.54 Å². The van der Waals surface area contributed by atoms with E-state index in [1.807, 2.05) is 12.1 Å². The van der Waals surface area contributed by atoms with Gasteiger partial charge in [-0.15, -0.1) is 0 Å². The van der Waals surface area contributed by atoms with E-state index in [0.717, 1.165) is 13.0 Å². The second kappa shape index (κ2) is 4.69. The molecule has 1 aromatic rings. The molecule has 98 valence electrons. The Labute approximate surface area is 108 Å². The molecule has 0 aromatic heterocycles. The van der Waals surface area contributed by atoms with Gasteiger partial charge in [-0.25, -0.2) is 0 Å². The molecule has 4 heteroatoms. The maximum absolute atomic E-state index is 10.7. The Kier molecular flexibility index (Phi) is 3.39. The van der Waals surface area contributed by atoms with Gasteiger partial charge in [0.2, 0.25) is 0 Å². The highest BCUT2D eigenvalue weighted by Gasteiger charge is 2.33. The number of nitro benzene ring substituents is 1. The molecule has 0 radical (unpaired) electrons. The van der Waals surface area contributed by atoms with Crippen molar-refractivity contribution >= 4 is 5.69 Å². The van der Waals surface area contributed by atoms with Crippen molar-refractivity contribution in [2.45, 2.75) is 45.2 Å². The van der Waals surface area contributed by atoms with E-state index >= 15 is 0 Å². The molecule has 1 aliphatic heterocycles. The van der Waals surface area contributed by atoms with Gasteiger partial charge in [-0.2, -0.15) is 0 Å². The molecule has 1 heterocycles. The molecule has 1 aliphatic rings. The van der Waals surface area contributed by atoms with E-state index in [9.17, 15) is 10.1 Å². The van der Waals surface area contributed by atoms with Gasteiger partial charge in [0.15, 0.2) is 0 Å². The number of rotatable bonds is 2. The summed E-state index contributed by atoms with van der Waals surface area (Å²) in [6.07, 6.45) is 2.33. The lowest BCUT2D eigenvalue weighted by atomic mass is 9.99. The average Bonchev–Trinajstić information content (AvgIpc) is 2.77. The first-order valence-corrected chi connectivity index (χ1v) is 6.41. The third-order valence-electron chi connectivity index (χ3n) is 3.60. The Morgan fingerprint density at radius 3 is 2.39 bits per heavy atom. The molecule has 0 saturated carbocycles. The predicted octanol–water partition coefficient (Wildman–Crippen LogP) is 3.53. The minimum Gasteiger partial charge on any atom is -0.291 e. The molecule has 2 rings (SSSR count). The van der Waals surface area contributed by atoms with Crippen molar-refractivity contribution in [3.8, 4) is 0 Å². The Bertz CT molecular complexity index is 434. The molecular weight excluding hydrogens is 228 g/mol. The topological polar surface area (TPSA) is 46.4 Å². The fraction of sp³-hybridized carbons (Fsp3) is 0.571. The summed E-state index contributed by atoms with van der Waals surface area (Å²) in [5, 5.41) is 10.7. The van der Waals surface area contributed by atoms with Crippen molar-refractivity contribution in [3.05, 3.63) is 39.9 Å². The van der Waals surface area contributed by atoms with Gasteiger partial charge in [0.25, 0.3) is 5.69 Å². The summed E-state index contributed by atoms with van der Waals surface area (Å²) < 4.78 is 0. The van der Waals surface area contributed by atoms with Crippen molar-refractivity contribution in [1.82, 2.24) is 4.90 Å². The third kappa shape index (κ3) is 2.53. The monoisotopic (exact) mass is 248 g/mol. The molecule has 0 N–H and O–H groups in total. The highest BCUT2D eigenvalue weighted by atomic mass is 16.6. The molecule has 0 spiro atoms. The number of hydrogen-bond acceptors (Lipinski definition) is 3. The van der Waals surface area contributed by atoms with E-state index in [2.05, 4.69) is 25.7 Å². The summed E-state index contributed by atoms with van der Waals surface area (Å²) in [5.74, 6) is 0. The van der Waals surface area contributed by atoms with Crippen LogP contribution in [0.1, 0.15) is 45.2 Å². The van der Waals surface area contributed by atoms with Crippen LogP contribution in [0, 0.1) is 10.1 Å². The van der Waals surface area contributed by atoms with Crippen LogP contribution in [0.15, 0.2) is 24.3 Å². The largest absolute Gasteiger partial charge is 0.291 e. The molecule has 4 nitrogen and oxygen atoms in total. The normalized spacial score (nSPS) is 21.2. The number of likely N-dealkylation sites (tertiary alicyclic amines) is 1. The summed E-state index contributed by atoms with van der Waals surface area (Å²) >= 11 is 0. The first-order valence-electron chi connectivity index (χ1n) is 6.41. The van der Waals surface area contributed by atoms with E-state index in [0.29, 0.717) is 6.04 Å². The van der Waals surface area contributed by atoms with Gasteiger partial charge in [-0.3, -0.25) is 15.0 Å². The van der Waals surface area contributed by atoms with Gasteiger partial charge in [-0.05, 0) is 45.7 Å². The van der Waals surface area contributed by atoms with Gasteiger partial charge in [0, 0.05) is 23.7 Å². The zero-order valence-electron chi connectivity index (χ0n) is 11.2. The SMILES string of the molecule is CC(C)(C)N1CCCC1c1ccc([N+](=O)[O-])cc1. The Morgan fingerprint density at radius 2 is 1.89 bits per heavy atom. The van der Waals surface area contributed by atoms with Gasteiger partial charge in [-0.1, -0.05) is 12.1 Å². The highest BCUT2D eigenvalue weighted by Crippen LogP contribution is 2.37. The predicted molar refractivity (Wildman–Crippen MR) is 71.5 cm³/mol. The lowest BCUT2D eigenvalue weighted by Gasteiger charge is -2.37. The van der Waals surface area contributed by atoms with Crippen molar-refractivity contribution in [3.63, 3.8) is 0 Å². The van der Waals surface area contributed by atoms with E-state index in [4.69, 9.17) is 0 Å². The fourth-order valence-electron chi connectivity index (χ4n) is 2.73. The minimum atomic E-state index is -0.347. The van der Waals surface area contributed by atoms with Crippen LogP contribution in [0.3, 0.4) is 0 Å². The summed E-state index contributed by atoms with van der Waals surface area (Å²) in [5.41, 5.74) is 1.50. The smallest absolute Gasteiger partial charge is 0.269 e. The van der Waals surface area contributed by atoms with Gasteiger partial charge in [0.05, 0.1) is 4.92 Å². The molecule has 1 atom stereocenters. The van der Waals surface area contributed by atoms with Crippen molar-refractivity contribution < 1.29 is 4.92 Å². The van der Waals surface area contributed by atoms with Crippen LogP contribution >= 0.6 is 0 Å². The molecule has 1 aromatic carbocycles. The summed E-state index contributed by atoms with van der Waals surface area (Å²) in [7, 11) is 0. The van der Waals surface area contributed by atoms with Crippen LogP contribution < -0.4 is 0 Å². The van der Waals surface area contributed by atoms with E-state index in [1.54, 1.807) is 12.1 Å². The second-order valence-corrected chi connectivity index (χ2v) is 5.87. The molecular formula is C14H20N2O2. The van der Waals surface area contributed by atoms with Crippen LogP contribution in [-0.4, -0.2) is 21.9 Å². The van der Waals surface area contributed by atoms with E-state index in [-0.39, 0.29) is 16.1 Å². The first-order chi connectivity index (χ1) is 8.39. The standard InChI is InChI=1S/C14H20N2O2/c1-14(2,3)15-10-4-5-13(15)11-6-8-12(9-7-11)16(17)18/h6-9,13H,4-5,10H2,1-3H3. The molecule has 0 amide bonds. The van der Waals surface area contributed by atoms with Crippen molar-refractivity contribution in [1.29, 1.82) is 0 Å². The van der Waals surface area contributed by atoms with E-state index < -0.39 is 0 Å². The van der Waals surface area contributed by atoms with E-state index in [1.165, 1.54) is 12.0 Å². The van der Waals surface area contributed by atoms with Crippen LogP contribution in [-0.2, 0) is 0 Å². The molecule has 1 unspecified atom stereocenters. The Morgan fingerprint density at radius 1 is 1.28 bits per heavy atom. The minimum absolute atomic E-state index is 0.142. The molecule has 0 bridgehead atoms. The number of non-ortho nitro benzene ring substituents is 1. The van der Waals surface area contributed by atoms with Gasteiger partial charge >= 0.3 is 0 Å². The lowest BCUT2D eigenvalue weighted by molar-refractivity contribution is -0.384. The Balaban J connectivity index is 2.23. The second-order valence-electron chi connectivity index (χ2n) is 5.87. The molecule has 0 aliphatic carbocycles. The van der Waals surface area contributed by atoms with Crippen LogP contribution in [0.5, 0.6) is 0 Å². The zero-order chi connectivity index (χ0) is 13.3. The van der Waals surface area contributed by atoms with Crippen molar-refractivity contribution in [2.24, 2.45) is 0 Å². The molecule has 1 saturated heterocycles. The fourth-order valence-corrected chi connectivity index (χ4v) is 2.73. The average molecular weight is 248 g/mol. The number of nitrogens with zero attached hydrogens (tertiary/aromatic N) is 2. The number of nitro groups is 1. The molecule has 18 heavy (non-hydrogen) atoms. The van der Waals surface area contributed by atoms with Gasteiger partial charge in [0.1, 0.15) is 0 Å². The summed E-state index contributed by atoms with van der Waals surface area (Å²) in [6, 6.07) is 7.40. The van der Waals surface area contributed by atoms with Crippen LogP contribution in [0.25, 0.3) is 0 Å². The van der Waals surface area contributed by atoms with Crippen LogP contribution in [0.2, 0.25) is 0 Å². The highest BCUT2D eigenvalue weighted by molar-refractivity contribution is 5.34. The number of hydrogen-bond donors (Lipinski definition) is 0. The van der Waals surface area contributed by atoms with Gasteiger partial charge < -0.3 is 0 Å². The Hall–Kier alpha value is -1.42. The lowest BCUT2D eigenvalue weighted by Crippen LogP contribution is -2.40. The maximum atomic E-state index is 10.7. The number of benzene rings is 1. The van der Waals surface area contributed by atoms with Crippen LogP contribution in [0.4, 0.5) is 5.69 Å². The first kappa shape index (κ1) is 13.0. The maximum Gasteiger partial charge on any atom is 0.269 e. The summed E-state index contributed by atoms with van der Waals surface area (Å²) in [6.45, 7) is 7.76. The summed E-state index contributed by atoms with van der Waals surface area (Å²) in [4.78, 5) is 12.8. The quantitative estimate of drug-likeness (QED) is 0.594.